The summed E-state index contributed by atoms with van der Waals surface area (Å²) in [5, 5.41) is 16.9. The molecule has 0 bridgehead atoms. The van der Waals surface area contributed by atoms with Gasteiger partial charge in [0.15, 0.2) is 5.11 Å². The normalized spacial score (nSPS) is 17.2. The van der Waals surface area contributed by atoms with Crippen LogP contribution in [0, 0.1) is 12.8 Å². The summed E-state index contributed by atoms with van der Waals surface area (Å²) in [6, 6.07) is 22.7. The molecule has 0 radical (unpaired) electrons. The van der Waals surface area contributed by atoms with Gasteiger partial charge in [0.05, 0.1) is 11.7 Å². The highest BCUT2D eigenvalue weighted by molar-refractivity contribution is 7.80. The minimum Gasteiger partial charge on any atom is -0.508 e. The molecular formula is C29H29N5O2S. The zero-order valence-electron chi connectivity index (χ0n) is 20.9. The number of carbonyl (C=O) groups is 1. The first-order chi connectivity index (χ1) is 17.8. The van der Waals surface area contributed by atoms with Crippen molar-refractivity contribution in [3.8, 4) is 11.4 Å². The Morgan fingerprint density at radius 2 is 1.81 bits per heavy atom. The maximum Gasteiger partial charge on any atom is 0.226 e. The third kappa shape index (κ3) is 4.80. The van der Waals surface area contributed by atoms with E-state index in [9.17, 15) is 9.90 Å². The van der Waals surface area contributed by atoms with Crippen LogP contribution in [0.1, 0.15) is 42.9 Å². The van der Waals surface area contributed by atoms with E-state index in [0.717, 1.165) is 34.0 Å². The fourth-order valence-corrected chi connectivity index (χ4v) is 4.98. The summed E-state index contributed by atoms with van der Waals surface area (Å²) in [5.41, 5.74) is 5.48. The van der Waals surface area contributed by atoms with Crippen molar-refractivity contribution in [3.05, 3.63) is 102 Å². The van der Waals surface area contributed by atoms with Gasteiger partial charge in [-0.05, 0) is 91.4 Å². The van der Waals surface area contributed by atoms with Crippen LogP contribution >= 0.6 is 12.2 Å². The van der Waals surface area contributed by atoms with Crippen molar-refractivity contribution < 1.29 is 9.90 Å². The van der Waals surface area contributed by atoms with E-state index >= 15 is 0 Å². The molecule has 0 spiro atoms. The van der Waals surface area contributed by atoms with E-state index in [1.54, 1.807) is 18.3 Å². The van der Waals surface area contributed by atoms with Crippen LogP contribution in [0.3, 0.4) is 0 Å². The molecule has 1 amide bonds. The second-order valence-corrected chi connectivity index (χ2v) is 9.85. The largest absolute Gasteiger partial charge is 0.508 e. The summed E-state index contributed by atoms with van der Waals surface area (Å²) in [4.78, 5) is 19.0. The number of pyridine rings is 1. The van der Waals surface area contributed by atoms with Gasteiger partial charge in [-0.3, -0.25) is 9.78 Å². The first kappa shape index (κ1) is 24.5. The molecule has 3 heterocycles. The van der Waals surface area contributed by atoms with Gasteiger partial charge in [0.1, 0.15) is 11.8 Å². The maximum absolute atomic E-state index is 12.3. The Labute approximate surface area is 221 Å². The fraction of sp³-hybridized carbons (Fsp3) is 0.207. The number of rotatable bonds is 6. The zero-order valence-corrected chi connectivity index (χ0v) is 21.7. The van der Waals surface area contributed by atoms with Crippen LogP contribution < -0.4 is 15.5 Å². The number of phenols is 1. The van der Waals surface area contributed by atoms with E-state index in [0.29, 0.717) is 5.11 Å². The number of thiocarbonyl (C=S) groups is 1. The molecule has 0 unspecified atom stereocenters. The number of aromatic nitrogens is 2. The van der Waals surface area contributed by atoms with E-state index in [4.69, 9.17) is 12.2 Å². The Kier molecular flexibility index (Phi) is 6.67. The minimum absolute atomic E-state index is 0.0194. The molecule has 1 saturated heterocycles. The standard InChI is InChI=1S/C29H29N5O2S/c1-18(2)28(36)31-23-14-11-21(17-19(23)3)34-27(26(32-29(34)37)24-7-4-5-15-30-24)25-8-6-16-33(25)20-9-12-22(35)13-10-20/h4-18,26-27,35H,1-3H3,(H,31,36)(H,32,37)/t26-,27-/m1/s1. The number of carbonyl (C=O) groups excluding carboxylic acids is 1. The molecule has 3 N–H and O–H groups in total. The molecule has 1 fully saturated rings. The number of nitrogens with zero attached hydrogens (tertiary/aromatic N) is 3. The molecular weight excluding hydrogens is 482 g/mol. The van der Waals surface area contributed by atoms with Crippen molar-refractivity contribution >= 4 is 34.6 Å². The summed E-state index contributed by atoms with van der Waals surface area (Å²) in [5.74, 6) is 0.0916. The van der Waals surface area contributed by atoms with Crippen molar-refractivity contribution in [1.82, 2.24) is 14.9 Å². The molecule has 0 aliphatic carbocycles. The highest BCUT2D eigenvalue weighted by Gasteiger charge is 2.42. The quantitative estimate of drug-likeness (QED) is 0.290. The van der Waals surface area contributed by atoms with Crippen molar-refractivity contribution in [2.24, 2.45) is 5.92 Å². The summed E-state index contributed by atoms with van der Waals surface area (Å²) in [6.45, 7) is 5.73. The number of hydrogen-bond acceptors (Lipinski definition) is 4. The minimum atomic E-state index is -0.207. The Balaban J connectivity index is 1.59. The lowest BCUT2D eigenvalue weighted by atomic mass is 10.00. The number of anilines is 2. The van der Waals surface area contributed by atoms with Crippen LogP contribution in [0.5, 0.6) is 5.75 Å². The average Bonchev–Trinajstić information content (AvgIpc) is 3.50. The monoisotopic (exact) mass is 511 g/mol. The maximum atomic E-state index is 12.3. The lowest BCUT2D eigenvalue weighted by Gasteiger charge is -2.29. The van der Waals surface area contributed by atoms with Gasteiger partial charge in [0.25, 0.3) is 0 Å². The Morgan fingerprint density at radius 3 is 2.49 bits per heavy atom. The van der Waals surface area contributed by atoms with Crippen molar-refractivity contribution in [2.75, 3.05) is 10.2 Å². The lowest BCUT2D eigenvalue weighted by Crippen LogP contribution is -2.30. The van der Waals surface area contributed by atoms with E-state index < -0.39 is 0 Å². The van der Waals surface area contributed by atoms with Crippen LogP contribution in [-0.2, 0) is 4.79 Å². The lowest BCUT2D eigenvalue weighted by molar-refractivity contribution is -0.118. The number of nitrogens with one attached hydrogen (secondary N) is 2. The van der Waals surface area contributed by atoms with Crippen LogP contribution in [-0.4, -0.2) is 25.7 Å². The van der Waals surface area contributed by atoms with Gasteiger partial charge in [-0.15, -0.1) is 0 Å². The van der Waals surface area contributed by atoms with Crippen molar-refractivity contribution in [2.45, 2.75) is 32.9 Å². The highest BCUT2D eigenvalue weighted by atomic mass is 32.1. The summed E-state index contributed by atoms with van der Waals surface area (Å²) in [7, 11) is 0. The second-order valence-electron chi connectivity index (χ2n) is 9.46. The summed E-state index contributed by atoms with van der Waals surface area (Å²) < 4.78 is 2.10. The predicted octanol–water partition coefficient (Wildman–Crippen LogP) is 5.66. The number of hydrogen-bond donors (Lipinski definition) is 3. The third-order valence-corrected chi connectivity index (χ3v) is 6.89. The number of phenolic OH excluding ortho intramolecular Hbond substituents is 1. The van der Waals surface area contributed by atoms with Crippen LogP contribution in [0.25, 0.3) is 5.69 Å². The van der Waals surface area contributed by atoms with E-state index in [1.165, 1.54) is 0 Å². The van der Waals surface area contributed by atoms with Gasteiger partial charge in [-0.1, -0.05) is 19.9 Å². The number of benzene rings is 2. The molecule has 188 valence electrons. The smallest absolute Gasteiger partial charge is 0.226 e. The zero-order chi connectivity index (χ0) is 26.1. The van der Waals surface area contributed by atoms with Gasteiger partial charge in [-0.2, -0.15) is 0 Å². The Morgan fingerprint density at radius 1 is 1.05 bits per heavy atom. The Bertz CT molecular complexity index is 1430. The molecule has 2 aromatic carbocycles. The number of amides is 1. The summed E-state index contributed by atoms with van der Waals surface area (Å²) in [6.07, 6.45) is 3.79. The predicted molar refractivity (Wildman–Crippen MR) is 150 cm³/mol. The molecule has 2 atom stereocenters. The highest BCUT2D eigenvalue weighted by Crippen LogP contribution is 2.43. The molecule has 37 heavy (non-hydrogen) atoms. The first-order valence-electron chi connectivity index (χ1n) is 12.2. The SMILES string of the molecule is Cc1cc(N2C(=S)N[C@H](c3ccccn3)[C@H]2c2cccn2-c2ccc(O)cc2)ccc1NC(=O)C(C)C. The Hall–Kier alpha value is -4.17. The average molecular weight is 512 g/mol. The van der Waals surface area contributed by atoms with Gasteiger partial charge < -0.3 is 25.2 Å². The van der Waals surface area contributed by atoms with Crippen molar-refractivity contribution in [1.29, 1.82) is 0 Å². The molecule has 5 rings (SSSR count). The van der Waals surface area contributed by atoms with E-state index in [-0.39, 0.29) is 29.7 Å². The van der Waals surface area contributed by atoms with Gasteiger partial charge in [0.2, 0.25) is 5.91 Å². The second kappa shape index (κ2) is 10.1. The molecule has 1 aliphatic rings. The third-order valence-electron chi connectivity index (χ3n) is 6.58. The summed E-state index contributed by atoms with van der Waals surface area (Å²) >= 11 is 5.88. The van der Waals surface area contributed by atoms with E-state index in [2.05, 4.69) is 31.2 Å². The molecule has 1 aliphatic heterocycles. The topological polar surface area (TPSA) is 82.4 Å². The number of aryl methyl sites for hydroxylation is 1. The number of aromatic hydroxyl groups is 1. The molecule has 7 nitrogen and oxygen atoms in total. The van der Waals surface area contributed by atoms with Gasteiger partial charge in [0, 0.05) is 41.1 Å². The van der Waals surface area contributed by atoms with Crippen LogP contribution in [0.4, 0.5) is 11.4 Å². The first-order valence-corrected chi connectivity index (χ1v) is 12.6. The fourth-order valence-electron chi connectivity index (χ4n) is 4.63. The van der Waals surface area contributed by atoms with Crippen molar-refractivity contribution in [3.63, 3.8) is 0 Å². The van der Waals surface area contributed by atoms with Gasteiger partial charge >= 0.3 is 0 Å². The van der Waals surface area contributed by atoms with Crippen LogP contribution in [0.15, 0.2) is 85.2 Å². The molecule has 8 heteroatoms. The molecule has 2 aromatic heterocycles. The van der Waals surface area contributed by atoms with E-state index in [1.807, 2.05) is 81.6 Å². The molecule has 4 aromatic rings. The molecule has 0 saturated carbocycles. The van der Waals surface area contributed by atoms with Crippen LogP contribution in [0.2, 0.25) is 0 Å². The van der Waals surface area contributed by atoms with Gasteiger partial charge in [-0.25, -0.2) is 0 Å².